The molecule has 2 saturated carbocycles. The molecular formula is C13H24. The minimum absolute atomic E-state index is 0.650. The van der Waals surface area contributed by atoms with Crippen LogP contribution in [0.2, 0.25) is 0 Å². The zero-order valence-corrected chi connectivity index (χ0v) is 9.31. The van der Waals surface area contributed by atoms with Crippen LogP contribution in [0.15, 0.2) is 0 Å². The molecule has 76 valence electrons. The van der Waals surface area contributed by atoms with E-state index >= 15 is 0 Å². The lowest BCUT2D eigenvalue weighted by atomic mass is 9.77. The quantitative estimate of drug-likeness (QED) is 0.518. The molecule has 0 aromatic heterocycles. The average molecular weight is 180 g/mol. The SMILES string of the molecule is CC1(C)CCC2CCCCC2CC1. The van der Waals surface area contributed by atoms with Gasteiger partial charge in [-0.25, -0.2) is 0 Å². The molecule has 2 unspecified atom stereocenters. The molecule has 0 heterocycles. The third kappa shape index (κ3) is 2.27. The van der Waals surface area contributed by atoms with Crippen LogP contribution in [0.25, 0.3) is 0 Å². The van der Waals surface area contributed by atoms with Crippen LogP contribution in [0.3, 0.4) is 0 Å². The Labute approximate surface area is 83.1 Å². The Kier molecular flexibility index (Phi) is 2.67. The predicted molar refractivity (Wildman–Crippen MR) is 57.7 cm³/mol. The van der Waals surface area contributed by atoms with Gasteiger partial charge in [-0.3, -0.25) is 0 Å². The Morgan fingerprint density at radius 1 is 0.769 bits per heavy atom. The van der Waals surface area contributed by atoms with Gasteiger partial charge in [-0.2, -0.15) is 0 Å². The van der Waals surface area contributed by atoms with Crippen molar-refractivity contribution in [3.05, 3.63) is 0 Å². The van der Waals surface area contributed by atoms with Gasteiger partial charge in [0.15, 0.2) is 0 Å². The fraction of sp³-hybridized carbons (Fsp3) is 1.00. The summed E-state index contributed by atoms with van der Waals surface area (Å²) in [6.45, 7) is 4.93. The predicted octanol–water partition coefficient (Wildman–Crippen LogP) is 4.39. The zero-order chi connectivity index (χ0) is 9.31. The topological polar surface area (TPSA) is 0 Å². The summed E-state index contributed by atoms with van der Waals surface area (Å²) in [6, 6.07) is 0. The highest BCUT2D eigenvalue weighted by Gasteiger charge is 2.31. The van der Waals surface area contributed by atoms with Crippen LogP contribution < -0.4 is 0 Å². The second-order valence-corrected chi connectivity index (χ2v) is 6.05. The average Bonchev–Trinajstić information content (AvgIpc) is 2.27. The molecule has 2 atom stereocenters. The fourth-order valence-corrected chi connectivity index (χ4v) is 3.32. The molecule has 2 rings (SSSR count). The molecule has 0 heteroatoms. The van der Waals surface area contributed by atoms with Crippen molar-refractivity contribution >= 4 is 0 Å². The molecule has 13 heavy (non-hydrogen) atoms. The Balaban J connectivity index is 1.99. The third-order valence-corrected chi connectivity index (χ3v) is 4.45. The van der Waals surface area contributed by atoms with Crippen LogP contribution in [0.4, 0.5) is 0 Å². The second-order valence-electron chi connectivity index (χ2n) is 6.05. The molecule has 0 bridgehead atoms. The molecule has 2 aliphatic rings. The lowest BCUT2D eigenvalue weighted by Gasteiger charge is -2.29. The minimum atomic E-state index is 0.650. The summed E-state index contributed by atoms with van der Waals surface area (Å²) >= 11 is 0. The van der Waals surface area contributed by atoms with Gasteiger partial charge in [-0.05, 0) is 42.9 Å². The molecule has 0 aromatic rings. The summed E-state index contributed by atoms with van der Waals surface area (Å²) in [5, 5.41) is 0. The van der Waals surface area contributed by atoms with E-state index in [1.807, 2.05) is 0 Å². The molecule has 0 nitrogen and oxygen atoms in total. The first kappa shape index (κ1) is 9.55. The minimum Gasteiger partial charge on any atom is -0.0599 e. The highest BCUT2D eigenvalue weighted by molar-refractivity contribution is 4.83. The second kappa shape index (κ2) is 3.63. The molecule has 0 N–H and O–H groups in total. The van der Waals surface area contributed by atoms with E-state index < -0.39 is 0 Å². The molecule has 2 aliphatic carbocycles. The summed E-state index contributed by atoms with van der Waals surface area (Å²) in [6.07, 6.45) is 12.1. The van der Waals surface area contributed by atoms with Gasteiger partial charge in [0, 0.05) is 0 Å². The molecular weight excluding hydrogens is 156 g/mol. The summed E-state index contributed by atoms with van der Waals surface area (Å²) in [7, 11) is 0. The Bertz CT molecular complexity index is 151. The van der Waals surface area contributed by atoms with Gasteiger partial charge in [-0.1, -0.05) is 39.5 Å². The van der Waals surface area contributed by atoms with Crippen molar-refractivity contribution in [1.82, 2.24) is 0 Å². The van der Waals surface area contributed by atoms with Crippen molar-refractivity contribution in [3.8, 4) is 0 Å². The van der Waals surface area contributed by atoms with E-state index in [9.17, 15) is 0 Å². The maximum absolute atomic E-state index is 2.46. The van der Waals surface area contributed by atoms with Gasteiger partial charge >= 0.3 is 0 Å². The van der Waals surface area contributed by atoms with E-state index in [1.165, 1.54) is 38.5 Å². The van der Waals surface area contributed by atoms with Crippen LogP contribution in [-0.4, -0.2) is 0 Å². The van der Waals surface area contributed by atoms with Gasteiger partial charge in [0.25, 0.3) is 0 Å². The number of rotatable bonds is 0. The van der Waals surface area contributed by atoms with Crippen molar-refractivity contribution in [1.29, 1.82) is 0 Å². The molecule has 0 aliphatic heterocycles. The molecule has 0 spiro atoms. The van der Waals surface area contributed by atoms with Crippen LogP contribution in [-0.2, 0) is 0 Å². The summed E-state index contributed by atoms with van der Waals surface area (Å²) in [5.41, 5.74) is 0.650. The summed E-state index contributed by atoms with van der Waals surface area (Å²) in [4.78, 5) is 0. The van der Waals surface area contributed by atoms with Crippen LogP contribution in [0, 0.1) is 17.3 Å². The van der Waals surface area contributed by atoms with Crippen molar-refractivity contribution in [3.63, 3.8) is 0 Å². The molecule has 0 saturated heterocycles. The maximum Gasteiger partial charge on any atom is -0.0354 e. The van der Waals surface area contributed by atoms with Gasteiger partial charge < -0.3 is 0 Å². The zero-order valence-electron chi connectivity index (χ0n) is 9.31. The Hall–Kier alpha value is 0. The smallest absolute Gasteiger partial charge is 0.0354 e. The van der Waals surface area contributed by atoms with Gasteiger partial charge in [0.1, 0.15) is 0 Å². The number of hydrogen-bond acceptors (Lipinski definition) is 0. The first-order chi connectivity index (χ1) is 6.17. The fourth-order valence-electron chi connectivity index (χ4n) is 3.32. The Morgan fingerprint density at radius 2 is 1.23 bits per heavy atom. The maximum atomic E-state index is 2.46. The highest BCUT2D eigenvalue weighted by Crippen LogP contribution is 2.44. The van der Waals surface area contributed by atoms with E-state index in [2.05, 4.69) is 13.8 Å². The number of fused-ring (bicyclic) bond motifs is 1. The molecule has 2 fully saturated rings. The van der Waals surface area contributed by atoms with Crippen molar-refractivity contribution in [2.75, 3.05) is 0 Å². The largest absolute Gasteiger partial charge is 0.0599 e. The van der Waals surface area contributed by atoms with Gasteiger partial charge in [0.2, 0.25) is 0 Å². The normalized spacial score (nSPS) is 39.2. The van der Waals surface area contributed by atoms with E-state index in [0.717, 1.165) is 11.8 Å². The number of hydrogen-bond donors (Lipinski definition) is 0. The van der Waals surface area contributed by atoms with E-state index in [-0.39, 0.29) is 0 Å². The summed E-state index contributed by atoms with van der Waals surface area (Å²) in [5.74, 6) is 2.21. The van der Waals surface area contributed by atoms with Crippen LogP contribution in [0.1, 0.15) is 65.2 Å². The van der Waals surface area contributed by atoms with E-state index in [0.29, 0.717) is 5.41 Å². The molecule has 0 aromatic carbocycles. The van der Waals surface area contributed by atoms with E-state index in [4.69, 9.17) is 0 Å². The van der Waals surface area contributed by atoms with Crippen LogP contribution in [0.5, 0.6) is 0 Å². The van der Waals surface area contributed by atoms with Crippen LogP contribution >= 0.6 is 0 Å². The molecule has 0 amide bonds. The first-order valence-electron chi connectivity index (χ1n) is 6.17. The first-order valence-corrected chi connectivity index (χ1v) is 6.17. The standard InChI is InChI=1S/C13H24/c1-13(2)9-7-11-5-3-4-6-12(11)8-10-13/h11-12H,3-10H2,1-2H3. The lowest BCUT2D eigenvalue weighted by molar-refractivity contribution is 0.224. The monoisotopic (exact) mass is 180 g/mol. The van der Waals surface area contributed by atoms with Gasteiger partial charge in [0.05, 0.1) is 0 Å². The molecule has 0 radical (unpaired) electrons. The summed E-state index contributed by atoms with van der Waals surface area (Å²) < 4.78 is 0. The third-order valence-electron chi connectivity index (χ3n) is 4.45. The van der Waals surface area contributed by atoms with Gasteiger partial charge in [-0.15, -0.1) is 0 Å². The Morgan fingerprint density at radius 3 is 1.69 bits per heavy atom. The highest BCUT2D eigenvalue weighted by atomic mass is 14.4. The van der Waals surface area contributed by atoms with E-state index in [1.54, 1.807) is 12.8 Å². The lowest BCUT2D eigenvalue weighted by Crippen LogP contribution is -2.17. The van der Waals surface area contributed by atoms with Crippen molar-refractivity contribution < 1.29 is 0 Å². The van der Waals surface area contributed by atoms with Crippen molar-refractivity contribution in [2.24, 2.45) is 17.3 Å². The van der Waals surface area contributed by atoms with Crippen molar-refractivity contribution in [2.45, 2.75) is 65.2 Å².